The zero-order valence-electron chi connectivity index (χ0n) is 13.2. The molecule has 1 heterocycles. The number of methoxy groups -OCH3 is 1. The number of nitrogens with zero attached hydrogens (tertiary/aromatic N) is 1. The van der Waals surface area contributed by atoms with Crippen LogP contribution >= 0.6 is 0 Å². The molecule has 2 radical (unpaired) electrons. The standard InChI is InChI=1S/C20H14BNO2/c1-24-20(23)16-12-13(21)10-11-19(16)22-17-8-4-2-6-14(17)15-7-3-5-9-18(15)22/h2-12H,1H3. The van der Waals surface area contributed by atoms with Crippen LogP contribution < -0.4 is 5.46 Å². The van der Waals surface area contributed by atoms with E-state index in [4.69, 9.17) is 12.6 Å². The minimum absolute atomic E-state index is 0.404. The summed E-state index contributed by atoms with van der Waals surface area (Å²) in [5.41, 5.74) is 3.81. The van der Waals surface area contributed by atoms with Crippen LogP contribution in [0.25, 0.3) is 27.5 Å². The first kappa shape index (κ1) is 14.6. The molecule has 0 aliphatic carbocycles. The van der Waals surface area contributed by atoms with E-state index in [2.05, 4.69) is 16.7 Å². The molecular weight excluding hydrogens is 297 g/mol. The topological polar surface area (TPSA) is 31.2 Å². The van der Waals surface area contributed by atoms with Crippen LogP contribution in [0.15, 0.2) is 66.7 Å². The van der Waals surface area contributed by atoms with Crippen molar-refractivity contribution in [3.8, 4) is 5.69 Å². The van der Waals surface area contributed by atoms with Crippen molar-refractivity contribution in [2.75, 3.05) is 7.11 Å². The number of ether oxygens (including phenoxy) is 1. The van der Waals surface area contributed by atoms with Crippen molar-refractivity contribution in [1.82, 2.24) is 4.57 Å². The highest BCUT2D eigenvalue weighted by Gasteiger charge is 2.18. The summed E-state index contributed by atoms with van der Waals surface area (Å²) in [6, 6.07) is 21.6. The van der Waals surface area contributed by atoms with Gasteiger partial charge in [0.25, 0.3) is 0 Å². The molecule has 4 rings (SSSR count). The minimum Gasteiger partial charge on any atom is -0.465 e. The van der Waals surface area contributed by atoms with Crippen LogP contribution in [0.3, 0.4) is 0 Å². The number of para-hydroxylation sites is 2. The van der Waals surface area contributed by atoms with Gasteiger partial charge in [0, 0.05) is 10.8 Å². The molecule has 3 aromatic carbocycles. The predicted octanol–water partition coefficient (Wildman–Crippen LogP) is 3.36. The fraction of sp³-hybridized carbons (Fsp3) is 0.0500. The van der Waals surface area contributed by atoms with E-state index in [9.17, 15) is 4.79 Å². The van der Waals surface area contributed by atoms with Gasteiger partial charge in [-0.15, -0.1) is 0 Å². The third-order valence-electron chi connectivity index (χ3n) is 4.25. The summed E-state index contributed by atoms with van der Waals surface area (Å²) in [4.78, 5) is 12.3. The Kier molecular flexibility index (Phi) is 3.38. The number of carbonyl (C=O) groups is 1. The molecule has 0 aliphatic rings. The molecule has 4 aromatic rings. The third-order valence-corrected chi connectivity index (χ3v) is 4.25. The predicted molar refractivity (Wildman–Crippen MR) is 97.5 cm³/mol. The first-order valence-corrected chi connectivity index (χ1v) is 7.67. The molecule has 0 N–H and O–H groups in total. The third kappa shape index (κ3) is 2.11. The van der Waals surface area contributed by atoms with Crippen LogP contribution in [-0.2, 0) is 4.74 Å². The SMILES string of the molecule is [B]c1ccc(-n2c3ccccc3c3ccccc32)c(C(=O)OC)c1. The second-order valence-corrected chi connectivity index (χ2v) is 5.64. The second-order valence-electron chi connectivity index (χ2n) is 5.64. The van der Waals surface area contributed by atoms with Crippen LogP contribution in [0.5, 0.6) is 0 Å². The molecule has 0 saturated heterocycles. The number of rotatable bonds is 2. The molecule has 0 fully saturated rings. The van der Waals surface area contributed by atoms with Crippen molar-refractivity contribution in [1.29, 1.82) is 0 Å². The van der Waals surface area contributed by atoms with Gasteiger partial charge < -0.3 is 9.30 Å². The molecule has 24 heavy (non-hydrogen) atoms. The van der Waals surface area contributed by atoms with Gasteiger partial charge >= 0.3 is 5.97 Å². The Bertz CT molecular complexity index is 1030. The lowest BCUT2D eigenvalue weighted by atomic mass is 9.93. The first-order chi connectivity index (χ1) is 11.7. The lowest BCUT2D eigenvalue weighted by Gasteiger charge is -2.13. The highest BCUT2D eigenvalue weighted by atomic mass is 16.5. The number of hydrogen-bond donors (Lipinski definition) is 0. The largest absolute Gasteiger partial charge is 0.465 e. The van der Waals surface area contributed by atoms with Gasteiger partial charge in [0.05, 0.1) is 29.4 Å². The Labute approximate surface area is 140 Å². The summed E-state index contributed by atoms with van der Waals surface area (Å²) in [5, 5.41) is 2.28. The normalized spacial score (nSPS) is 11.0. The van der Waals surface area contributed by atoms with E-state index in [1.54, 1.807) is 12.1 Å². The van der Waals surface area contributed by atoms with Crippen molar-refractivity contribution >= 4 is 41.1 Å². The summed E-state index contributed by atoms with van der Waals surface area (Å²) >= 11 is 0. The number of aromatic nitrogens is 1. The molecule has 1 aromatic heterocycles. The van der Waals surface area contributed by atoms with Gasteiger partial charge in [0.15, 0.2) is 0 Å². The molecule has 0 spiro atoms. The van der Waals surface area contributed by atoms with E-state index in [0.29, 0.717) is 11.0 Å². The highest BCUT2D eigenvalue weighted by molar-refractivity contribution is 6.32. The van der Waals surface area contributed by atoms with Gasteiger partial charge in [-0.3, -0.25) is 0 Å². The Morgan fingerprint density at radius 3 is 2.08 bits per heavy atom. The van der Waals surface area contributed by atoms with Gasteiger partial charge in [0.2, 0.25) is 0 Å². The smallest absolute Gasteiger partial charge is 0.339 e. The summed E-state index contributed by atoms with van der Waals surface area (Å²) in [6.07, 6.45) is 0. The summed E-state index contributed by atoms with van der Waals surface area (Å²) in [6.45, 7) is 0. The molecule has 114 valence electrons. The molecule has 0 aliphatic heterocycles. The molecule has 0 saturated carbocycles. The molecule has 0 bridgehead atoms. The van der Waals surface area contributed by atoms with Crippen LogP contribution in [0.4, 0.5) is 0 Å². The summed E-state index contributed by atoms with van der Waals surface area (Å²) in [7, 11) is 7.26. The van der Waals surface area contributed by atoms with E-state index in [1.165, 1.54) is 7.11 Å². The van der Waals surface area contributed by atoms with E-state index in [-0.39, 0.29) is 0 Å². The van der Waals surface area contributed by atoms with Crippen LogP contribution in [0.1, 0.15) is 10.4 Å². The lowest BCUT2D eigenvalue weighted by molar-refractivity contribution is 0.0601. The average molecular weight is 311 g/mol. The van der Waals surface area contributed by atoms with Gasteiger partial charge in [-0.05, 0) is 18.2 Å². The monoisotopic (exact) mass is 311 g/mol. The fourth-order valence-electron chi connectivity index (χ4n) is 3.20. The van der Waals surface area contributed by atoms with Gasteiger partial charge in [0.1, 0.15) is 7.85 Å². The first-order valence-electron chi connectivity index (χ1n) is 7.67. The van der Waals surface area contributed by atoms with Gasteiger partial charge in [-0.25, -0.2) is 4.79 Å². The zero-order chi connectivity index (χ0) is 16.7. The molecule has 4 heteroatoms. The maximum atomic E-state index is 12.3. The number of benzene rings is 3. The zero-order valence-corrected chi connectivity index (χ0v) is 13.2. The number of hydrogen-bond acceptors (Lipinski definition) is 2. The van der Waals surface area contributed by atoms with Crippen molar-refractivity contribution in [3.63, 3.8) is 0 Å². The molecule has 0 atom stereocenters. The number of carbonyl (C=O) groups excluding carboxylic acids is 1. The molecule has 3 nitrogen and oxygen atoms in total. The van der Waals surface area contributed by atoms with Gasteiger partial charge in [-0.2, -0.15) is 0 Å². The van der Waals surface area contributed by atoms with Crippen LogP contribution in [0, 0.1) is 0 Å². The van der Waals surface area contributed by atoms with Gasteiger partial charge in [-0.1, -0.05) is 54.0 Å². The summed E-state index contributed by atoms with van der Waals surface area (Å²) < 4.78 is 7.03. The van der Waals surface area contributed by atoms with Crippen molar-refractivity contribution in [3.05, 3.63) is 72.3 Å². The second kappa shape index (κ2) is 5.57. The maximum absolute atomic E-state index is 12.3. The van der Waals surface area contributed by atoms with Crippen LogP contribution in [-0.4, -0.2) is 25.5 Å². The van der Waals surface area contributed by atoms with E-state index in [1.807, 2.05) is 42.5 Å². The highest BCUT2D eigenvalue weighted by Crippen LogP contribution is 2.32. The fourth-order valence-corrected chi connectivity index (χ4v) is 3.20. The maximum Gasteiger partial charge on any atom is 0.339 e. The molecular formula is C20H14BNO2. The Balaban J connectivity index is 2.16. The Morgan fingerprint density at radius 1 is 0.917 bits per heavy atom. The Morgan fingerprint density at radius 2 is 1.50 bits per heavy atom. The summed E-state index contributed by atoms with van der Waals surface area (Å²) in [5.74, 6) is -0.404. The van der Waals surface area contributed by atoms with E-state index < -0.39 is 5.97 Å². The van der Waals surface area contributed by atoms with Crippen molar-refractivity contribution in [2.24, 2.45) is 0 Å². The average Bonchev–Trinajstić information content (AvgIpc) is 2.96. The Hall–Kier alpha value is -3.01. The number of fused-ring (bicyclic) bond motifs is 3. The lowest BCUT2D eigenvalue weighted by Crippen LogP contribution is -2.13. The number of esters is 1. The van der Waals surface area contributed by atoms with Crippen LogP contribution in [0.2, 0.25) is 0 Å². The molecule has 0 unspecified atom stereocenters. The quantitative estimate of drug-likeness (QED) is 0.420. The van der Waals surface area contributed by atoms with E-state index >= 15 is 0 Å². The van der Waals surface area contributed by atoms with Crippen molar-refractivity contribution < 1.29 is 9.53 Å². The minimum atomic E-state index is -0.404. The molecule has 0 amide bonds. The van der Waals surface area contributed by atoms with E-state index in [0.717, 1.165) is 27.5 Å². The van der Waals surface area contributed by atoms with Crippen molar-refractivity contribution in [2.45, 2.75) is 0 Å².